The summed E-state index contributed by atoms with van der Waals surface area (Å²) >= 11 is 0. The molecule has 2 saturated heterocycles. The molecule has 3 heterocycles. The first-order valence-electron chi connectivity index (χ1n) is 10.7. The van der Waals surface area contributed by atoms with Gasteiger partial charge >= 0.3 is 0 Å². The van der Waals surface area contributed by atoms with Gasteiger partial charge in [0.15, 0.2) is 5.78 Å². The molecule has 0 radical (unpaired) electrons. The van der Waals surface area contributed by atoms with E-state index in [1.54, 1.807) is 0 Å². The first-order valence-corrected chi connectivity index (χ1v) is 10.7. The van der Waals surface area contributed by atoms with Gasteiger partial charge in [-0.1, -0.05) is 36.8 Å². The molecule has 4 heteroatoms. The summed E-state index contributed by atoms with van der Waals surface area (Å²) in [5.74, 6) is 0.406. The highest BCUT2D eigenvalue weighted by Gasteiger charge is 2.45. The van der Waals surface area contributed by atoms with Crippen molar-refractivity contribution in [2.45, 2.75) is 63.1 Å². The van der Waals surface area contributed by atoms with Gasteiger partial charge in [0.05, 0.1) is 25.3 Å². The number of hydrogen-bond donors (Lipinski definition) is 0. The Labute approximate surface area is 162 Å². The number of piperidine rings is 1. The van der Waals surface area contributed by atoms with Crippen LogP contribution >= 0.6 is 0 Å². The average Bonchev–Trinajstić information content (AvgIpc) is 2.74. The third kappa shape index (κ3) is 3.13. The number of fused-ring (bicyclic) bond motifs is 2. The van der Waals surface area contributed by atoms with Crippen LogP contribution in [0.25, 0.3) is 0 Å². The van der Waals surface area contributed by atoms with E-state index in [1.165, 1.54) is 30.5 Å². The number of morpholine rings is 1. The van der Waals surface area contributed by atoms with Gasteiger partial charge in [-0.25, -0.2) is 0 Å². The molecule has 2 fully saturated rings. The van der Waals surface area contributed by atoms with E-state index in [0.717, 1.165) is 57.6 Å². The van der Waals surface area contributed by atoms with Crippen LogP contribution in [-0.4, -0.2) is 54.0 Å². The Kier molecular flexibility index (Phi) is 4.78. The molecule has 5 rings (SSSR count). The van der Waals surface area contributed by atoms with Crippen LogP contribution in [0.3, 0.4) is 0 Å². The van der Waals surface area contributed by atoms with Crippen LogP contribution < -0.4 is 0 Å². The number of allylic oxidation sites excluding steroid dienone is 1. The normalized spacial score (nSPS) is 32.2. The Morgan fingerprint density at radius 3 is 2.52 bits per heavy atom. The zero-order valence-corrected chi connectivity index (χ0v) is 16.1. The lowest BCUT2D eigenvalue weighted by Crippen LogP contribution is -2.57. The highest BCUT2D eigenvalue weighted by atomic mass is 16.5. The SMILES string of the molecule is O=C1CCCC2=C1C(N1CCCCC1)C[C@@H]1COC[C@@H](c3ccccc3)N21. The fourth-order valence-electron chi connectivity index (χ4n) is 5.68. The molecule has 0 bridgehead atoms. The number of carbonyl (C=O) groups is 1. The summed E-state index contributed by atoms with van der Waals surface area (Å²) in [5, 5.41) is 0. The summed E-state index contributed by atoms with van der Waals surface area (Å²) < 4.78 is 6.08. The van der Waals surface area contributed by atoms with Crippen molar-refractivity contribution in [3.63, 3.8) is 0 Å². The maximum absolute atomic E-state index is 13.1. The van der Waals surface area contributed by atoms with Gasteiger partial charge < -0.3 is 9.64 Å². The summed E-state index contributed by atoms with van der Waals surface area (Å²) in [5.41, 5.74) is 3.81. The fraction of sp³-hybridized carbons (Fsp3) is 0.609. The van der Waals surface area contributed by atoms with Crippen LogP contribution in [0.1, 0.15) is 56.6 Å². The molecule has 3 aliphatic heterocycles. The van der Waals surface area contributed by atoms with E-state index in [0.29, 0.717) is 17.9 Å². The average molecular weight is 367 g/mol. The van der Waals surface area contributed by atoms with Gasteiger partial charge in [-0.3, -0.25) is 9.69 Å². The maximum Gasteiger partial charge on any atom is 0.162 e. The van der Waals surface area contributed by atoms with Crippen LogP contribution in [0.15, 0.2) is 41.6 Å². The second kappa shape index (κ2) is 7.40. The molecule has 0 amide bonds. The summed E-state index contributed by atoms with van der Waals surface area (Å²) in [6.45, 7) is 3.80. The number of rotatable bonds is 2. The molecule has 0 aromatic heterocycles. The molecule has 3 atom stereocenters. The third-order valence-corrected chi connectivity index (χ3v) is 6.90. The topological polar surface area (TPSA) is 32.8 Å². The van der Waals surface area contributed by atoms with E-state index in [4.69, 9.17) is 4.74 Å². The Morgan fingerprint density at radius 1 is 0.889 bits per heavy atom. The minimum atomic E-state index is 0.239. The Hall–Kier alpha value is -1.65. The molecular formula is C23H30N2O2. The van der Waals surface area contributed by atoms with Crippen molar-refractivity contribution in [3.05, 3.63) is 47.2 Å². The van der Waals surface area contributed by atoms with Crippen molar-refractivity contribution < 1.29 is 9.53 Å². The van der Waals surface area contributed by atoms with Gasteiger partial charge in [-0.05, 0) is 50.8 Å². The van der Waals surface area contributed by atoms with E-state index >= 15 is 0 Å². The number of nitrogens with zero attached hydrogens (tertiary/aromatic N) is 2. The van der Waals surface area contributed by atoms with Crippen LogP contribution in [-0.2, 0) is 9.53 Å². The number of hydrogen-bond acceptors (Lipinski definition) is 4. The predicted molar refractivity (Wildman–Crippen MR) is 105 cm³/mol. The monoisotopic (exact) mass is 366 g/mol. The fourth-order valence-corrected chi connectivity index (χ4v) is 5.68. The number of ether oxygens (including phenoxy) is 1. The highest BCUT2D eigenvalue weighted by Crippen LogP contribution is 2.44. The zero-order valence-electron chi connectivity index (χ0n) is 16.1. The molecule has 0 N–H and O–H groups in total. The molecule has 27 heavy (non-hydrogen) atoms. The molecule has 1 aliphatic carbocycles. The molecule has 0 spiro atoms. The van der Waals surface area contributed by atoms with Crippen molar-refractivity contribution >= 4 is 5.78 Å². The Morgan fingerprint density at radius 2 is 1.70 bits per heavy atom. The van der Waals surface area contributed by atoms with Crippen LogP contribution in [0.4, 0.5) is 0 Å². The number of carbonyl (C=O) groups excluding carboxylic acids is 1. The van der Waals surface area contributed by atoms with E-state index in [2.05, 4.69) is 40.1 Å². The van der Waals surface area contributed by atoms with Crippen molar-refractivity contribution in [1.82, 2.24) is 9.80 Å². The molecule has 4 nitrogen and oxygen atoms in total. The highest BCUT2D eigenvalue weighted by molar-refractivity contribution is 5.98. The quantitative estimate of drug-likeness (QED) is 0.799. The van der Waals surface area contributed by atoms with Crippen molar-refractivity contribution in [3.8, 4) is 0 Å². The second-order valence-corrected chi connectivity index (χ2v) is 8.51. The lowest BCUT2D eigenvalue weighted by Gasteiger charge is -2.53. The lowest BCUT2D eigenvalue weighted by molar-refractivity contribution is -0.119. The number of benzene rings is 1. The van der Waals surface area contributed by atoms with Crippen molar-refractivity contribution in [2.24, 2.45) is 0 Å². The van der Waals surface area contributed by atoms with Gasteiger partial charge in [0.1, 0.15) is 0 Å². The zero-order chi connectivity index (χ0) is 18.2. The van der Waals surface area contributed by atoms with Gasteiger partial charge in [0, 0.05) is 23.7 Å². The molecular weight excluding hydrogens is 336 g/mol. The standard InChI is InChI=1S/C23H30N2O2/c26-22-11-7-10-19-23(22)20(24-12-5-2-6-13-24)14-18-15-27-16-21(25(18)19)17-8-3-1-4-9-17/h1,3-4,8-9,18,20-21H,2,5-7,10-16H2/t18-,20?,21+/m1/s1. The van der Waals surface area contributed by atoms with Crippen LogP contribution in [0, 0.1) is 0 Å². The molecule has 1 unspecified atom stereocenters. The molecule has 0 saturated carbocycles. The third-order valence-electron chi connectivity index (χ3n) is 6.90. The summed E-state index contributed by atoms with van der Waals surface area (Å²) in [6, 6.07) is 11.6. The first-order chi connectivity index (χ1) is 13.3. The first kappa shape index (κ1) is 17.4. The van der Waals surface area contributed by atoms with Gasteiger partial charge in [0.25, 0.3) is 0 Å². The molecule has 4 aliphatic rings. The van der Waals surface area contributed by atoms with Crippen molar-refractivity contribution in [2.75, 3.05) is 26.3 Å². The largest absolute Gasteiger partial charge is 0.377 e. The van der Waals surface area contributed by atoms with E-state index < -0.39 is 0 Å². The summed E-state index contributed by atoms with van der Waals surface area (Å²) in [6.07, 6.45) is 7.68. The minimum Gasteiger partial charge on any atom is -0.377 e. The predicted octanol–water partition coefficient (Wildman–Crippen LogP) is 3.69. The van der Waals surface area contributed by atoms with E-state index in [9.17, 15) is 4.79 Å². The minimum absolute atomic E-state index is 0.239. The molecule has 1 aromatic rings. The Balaban J connectivity index is 1.56. The number of likely N-dealkylation sites (tertiary alicyclic amines) is 1. The van der Waals surface area contributed by atoms with E-state index in [1.807, 2.05) is 0 Å². The summed E-state index contributed by atoms with van der Waals surface area (Å²) in [4.78, 5) is 18.2. The van der Waals surface area contributed by atoms with Gasteiger partial charge in [-0.2, -0.15) is 0 Å². The molecule has 1 aromatic carbocycles. The molecule has 144 valence electrons. The maximum atomic E-state index is 13.1. The Bertz CT molecular complexity index is 723. The smallest absolute Gasteiger partial charge is 0.162 e. The van der Waals surface area contributed by atoms with E-state index in [-0.39, 0.29) is 6.04 Å². The number of Topliss-reactive ketones (excluding diaryl/α,β-unsaturated/α-hetero) is 1. The van der Waals surface area contributed by atoms with Crippen LogP contribution in [0.2, 0.25) is 0 Å². The van der Waals surface area contributed by atoms with Crippen LogP contribution in [0.5, 0.6) is 0 Å². The van der Waals surface area contributed by atoms with Gasteiger partial charge in [0.2, 0.25) is 0 Å². The van der Waals surface area contributed by atoms with Gasteiger partial charge in [-0.15, -0.1) is 0 Å². The second-order valence-electron chi connectivity index (χ2n) is 8.51. The van der Waals surface area contributed by atoms with Crippen molar-refractivity contribution in [1.29, 1.82) is 0 Å². The lowest BCUT2D eigenvalue weighted by atomic mass is 9.79. The summed E-state index contributed by atoms with van der Waals surface area (Å²) in [7, 11) is 0. The number of ketones is 1.